The van der Waals surface area contributed by atoms with Crippen molar-refractivity contribution < 1.29 is 22.7 Å². The lowest BCUT2D eigenvalue weighted by molar-refractivity contribution is 0.0916. The molecule has 2 aromatic carbocycles. The number of rotatable bonds is 7. The number of benzene rings is 2. The second kappa shape index (κ2) is 8.80. The lowest BCUT2D eigenvalue weighted by Gasteiger charge is -2.13. The molecule has 1 heterocycles. The van der Waals surface area contributed by atoms with Gasteiger partial charge in [0, 0.05) is 24.5 Å². The molecule has 0 aliphatic heterocycles. The van der Waals surface area contributed by atoms with E-state index in [0.717, 1.165) is 0 Å². The van der Waals surface area contributed by atoms with Gasteiger partial charge in [-0.15, -0.1) is 0 Å². The predicted molar refractivity (Wildman–Crippen MR) is 105 cm³/mol. The third-order valence-corrected chi connectivity index (χ3v) is 5.45. The number of nitrogens with zero attached hydrogens (tertiary/aromatic N) is 1. The number of hydrogen-bond acceptors (Lipinski definition) is 5. The summed E-state index contributed by atoms with van der Waals surface area (Å²) in [6.45, 7) is -0.119. The molecule has 29 heavy (non-hydrogen) atoms. The zero-order chi connectivity index (χ0) is 20.9. The number of sulfonamides is 1. The van der Waals surface area contributed by atoms with Gasteiger partial charge in [-0.05, 0) is 54.1 Å². The molecule has 0 saturated heterocycles. The molecular formula is C20H18FN3O4S. The molecular weight excluding hydrogens is 397 g/mol. The van der Waals surface area contributed by atoms with Gasteiger partial charge in [0.05, 0.1) is 16.7 Å². The number of anilines is 1. The number of aliphatic hydroxyl groups is 1. The molecule has 9 heteroatoms. The van der Waals surface area contributed by atoms with E-state index >= 15 is 0 Å². The van der Waals surface area contributed by atoms with Crippen LogP contribution in [0, 0.1) is 5.82 Å². The Labute approximate surface area is 167 Å². The number of halogens is 1. The van der Waals surface area contributed by atoms with Crippen LogP contribution in [0.25, 0.3) is 0 Å². The van der Waals surface area contributed by atoms with Crippen molar-refractivity contribution in [3.8, 4) is 0 Å². The molecule has 1 unspecified atom stereocenters. The number of aliphatic hydroxyl groups excluding tert-OH is 1. The maximum Gasteiger partial charge on any atom is 0.261 e. The van der Waals surface area contributed by atoms with Crippen LogP contribution >= 0.6 is 0 Å². The van der Waals surface area contributed by atoms with Gasteiger partial charge in [0.2, 0.25) is 0 Å². The fourth-order valence-corrected chi connectivity index (χ4v) is 3.60. The second-order valence-corrected chi connectivity index (χ2v) is 7.83. The molecule has 3 N–H and O–H groups in total. The van der Waals surface area contributed by atoms with Crippen molar-refractivity contribution in [1.82, 2.24) is 10.3 Å². The summed E-state index contributed by atoms with van der Waals surface area (Å²) in [6.07, 6.45) is 1.85. The topological polar surface area (TPSA) is 108 Å². The van der Waals surface area contributed by atoms with E-state index in [4.69, 9.17) is 0 Å². The first-order valence-electron chi connectivity index (χ1n) is 8.60. The average molecular weight is 415 g/mol. The molecule has 0 aliphatic rings. The SMILES string of the molecule is O=C(NCC(O)c1cccc(F)c1)c1ccc(S(=O)(=O)Nc2ccncc2)cc1. The van der Waals surface area contributed by atoms with Gasteiger partial charge in [0.1, 0.15) is 5.82 Å². The van der Waals surface area contributed by atoms with Crippen molar-refractivity contribution in [1.29, 1.82) is 0 Å². The first-order chi connectivity index (χ1) is 13.8. The molecule has 0 spiro atoms. The Balaban J connectivity index is 1.62. The fraction of sp³-hybridized carbons (Fsp3) is 0.100. The first-order valence-corrected chi connectivity index (χ1v) is 10.1. The number of hydrogen-bond donors (Lipinski definition) is 3. The van der Waals surface area contributed by atoms with Gasteiger partial charge in [0.25, 0.3) is 15.9 Å². The van der Waals surface area contributed by atoms with E-state index in [9.17, 15) is 22.7 Å². The zero-order valence-electron chi connectivity index (χ0n) is 15.1. The summed E-state index contributed by atoms with van der Waals surface area (Å²) >= 11 is 0. The quantitative estimate of drug-likeness (QED) is 0.549. The van der Waals surface area contributed by atoms with Crippen LogP contribution < -0.4 is 10.0 Å². The van der Waals surface area contributed by atoms with E-state index in [2.05, 4.69) is 15.0 Å². The molecule has 3 rings (SSSR count). The number of carbonyl (C=O) groups is 1. The third-order valence-electron chi connectivity index (χ3n) is 4.05. The molecule has 1 aromatic heterocycles. The van der Waals surface area contributed by atoms with Gasteiger partial charge >= 0.3 is 0 Å². The van der Waals surface area contributed by atoms with Crippen LogP contribution in [0.4, 0.5) is 10.1 Å². The minimum absolute atomic E-state index is 0.00865. The summed E-state index contributed by atoms with van der Waals surface area (Å²) in [5.74, 6) is -0.975. The summed E-state index contributed by atoms with van der Waals surface area (Å²) in [7, 11) is -3.81. The fourth-order valence-electron chi connectivity index (χ4n) is 2.54. The molecule has 7 nitrogen and oxygen atoms in total. The van der Waals surface area contributed by atoms with Crippen LogP contribution in [0.3, 0.4) is 0 Å². The van der Waals surface area contributed by atoms with Crippen molar-refractivity contribution >= 4 is 21.6 Å². The smallest absolute Gasteiger partial charge is 0.261 e. The molecule has 150 valence electrons. The van der Waals surface area contributed by atoms with Gasteiger partial charge in [-0.1, -0.05) is 12.1 Å². The first kappa shape index (κ1) is 20.4. The van der Waals surface area contributed by atoms with Gasteiger partial charge in [-0.3, -0.25) is 14.5 Å². The molecule has 1 amide bonds. The van der Waals surface area contributed by atoms with Crippen LogP contribution in [0.2, 0.25) is 0 Å². The Hall–Kier alpha value is -3.30. The van der Waals surface area contributed by atoms with E-state index in [1.807, 2.05) is 0 Å². The number of aromatic nitrogens is 1. The Bertz CT molecular complexity index is 1090. The van der Waals surface area contributed by atoms with E-state index < -0.39 is 27.9 Å². The van der Waals surface area contributed by atoms with Crippen molar-refractivity contribution in [3.05, 3.63) is 90.0 Å². The minimum atomic E-state index is -3.81. The third kappa shape index (κ3) is 5.37. The number of nitrogens with one attached hydrogen (secondary N) is 2. The lowest BCUT2D eigenvalue weighted by atomic mass is 10.1. The van der Waals surface area contributed by atoms with Crippen LogP contribution in [-0.2, 0) is 10.0 Å². The van der Waals surface area contributed by atoms with Gasteiger partial charge in [-0.25, -0.2) is 12.8 Å². The second-order valence-electron chi connectivity index (χ2n) is 6.15. The van der Waals surface area contributed by atoms with Crippen LogP contribution in [-0.4, -0.2) is 31.0 Å². The van der Waals surface area contributed by atoms with Gasteiger partial charge in [0.15, 0.2) is 0 Å². The standard InChI is InChI=1S/C20H18FN3O4S/c21-16-3-1-2-15(12-16)19(25)13-23-20(26)14-4-6-18(7-5-14)29(27,28)24-17-8-10-22-11-9-17/h1-12,19,25H,13H2,(H,22,24)(H,23,26). The highest BCUT2D eigenvalue weighted by Crippen LogP contribution is 2.17. The van der Waals surface area contributed by atoms with Crippen LogP contribution in [0.1, 0.15) is 22.0 Å². The molecule has 1 atom stereocenters. The molecule has 3 aromatic rings. The van der Waals surface area contributed by atoms with E-state index in [1.54, 1.807) is 6.07 Å². The highest BCUT2D eigenvalue weighted by molar-refractivity contribution is 7.92. The molecule has 0 radical (unpaired) electrons. The van der Waals surface area contributed by atoms with E-state index in [0.29, 0.717) is 11.3 Å². The summed E-state index contributed by atoms with van der Waals surface area (Å²) < 4.78 is 40.4. The Morgan fingerprint density at radius 2 is 1.76 bits per heavy atom. The summed E-state index contributed by atoms with van der Waals surface area (Å²) in [6, 6.07) is 13.8. The Kier molecular flexibility index (Phi) is 6.20. The molecule has 0 fully saturated rings. The Morgan fingerprint density at radius 3 is 2.41 bits per heavy atom. The summed E-state index contributed by atoms with van der Waals surface area (Å²) in [5, 5.41) is 12.6. The Morgan fingerprint density at radius 1 is 1.07 bits per heavy atom. The number of pyridine rings is 1. The summed E-state index contributed by atoms with van der Waals surface area (Å²) in [5.41, 5.74) is 0.932. The highest BCUT2D eigenvalue weighted by Gasteiger charge is 2.16. The average Bonchev–Trinajstić information content (AvgIpc) is 2.72. The van der Waals surface area contributed by atoms with E-state index in [-0.39, 0.29) is 17.0 Å². The number of carbonyl (C=O) groups excluding carboxylic acids is 1. The monoisotopic (exact) mass is 415 g/mol. The minimum Gasteiger partial charge on any atom is -0.387 e. The highest BCUT2D eigenvalue weighted by atomic mass is 32.2. The normalized spacial score (nSPS) is 12.2. The van der Waals surface area contributed by atoms with Crippen LogP contribution in [0.5, 0.6) is 0 Å². The zero-order valence-corrected chi connectivity index (χ0v) is 15.9. The summed E-state index contributed by atoms with van der Waals surface area (Å²) in [4.78, 5) is 16.0. The van der Waals surface area contributed by atoms with Crippen molar-refractivity contribution in [3.63, 3.8) is 0 Å². The van der Waals surface area contributed by atoms with Crippen molar-refractivity contribution in [2.75, 3.05) is 11.3 Å². The van der Waals surface area contributed by atoms with Crippen molar-refractivity contribution in [2.45, 2.75) is 11.0 Å². The van der Waals surface area contributed by atoms with Gasteiger partial charge < -0.3 is 10.4 Å². The molecule has 0 saturated carbocycles. The van der Waals surface area contributed by atoms with Gasteiger partial charge in [-0.2, -0.15) is 0 Å². The lowest BCUT2D eigenvalue weighted by Crippen LogP contribution is -2.28. The number of amides is 1. The van der Waals surface area contributed by atoms with E-state index in [1.165, 1.54) is 67.0 Å². The predicted octanol–water partition coefficient (Wildman–Crippen LogP) is 2.48. The molecule has 0 aliphatic carbocycles. The molecule has 0 bridgehead atoms. The largest absolute Gasteiger partial charge is 0.387 e. The maximum atomic E-state index is 13.2. The van der Waals surface area contributed by atoms with Crippen molar-refractivity contribution in [2.24, 2.45) is 0 Å². The van der Waals surface area contributed by atoms with Crippen LogP contribution in [0.15, 0.2) is 78.0 Å². The maximum absolute atomic E-state index is 13.2.